The number of hydrogen-bond donors (Lipinski definition) is 1. The third-order valence-corrected chi connectivity index (χ3v) is 2.08. The molecule has 1 N–H and O–H groups in total. The zero-order valence-corrected chi connectivity index (χ0v) is 10.1. The summed E-state index contributed by atoms with van der Waals surface area (Å²) >= 11 is 0. The van der Waals surface area contributed by atoms with Crippen LogP contribution in [0.5, 0.6) is 0 Å². The number of ether oxygens (including phenoxy) is 1. The summed E-state index contributed by atoms with van der Waals surface area (Å²) in [5.41, 5.74) is -0.268. The highest BCUT2D eigenvalue weighted by atomic mass is 19.2. The fourth-order valence-corrected chi connectivity index (χ4v) is 1.25. The summed E-state index contributed by atoms with van der Waals surface area (Å²) in [5, 5.41) is 2.41. The minimum absolute atomic E-state index is 0.0302. The predicted molar refractivity (Wildman–Crippen MR) is 59.7 cm³/mol. The summed E-state index contributed by atoms with van der Waals surface area (Å²) in [6.45, 7) is 4.17. The molecule has 0 saturated carbocycles. The van der Waals surface area contributed by atoms with Crippen molar-refractivity contribution in [2.75, 3.05) is 13.2 Å². The van der Waals surface area contributed by atoms with Crippen LogP contribution >= 0.6 is 0 Å². The minimum Gasteiger partial charge on any atom is -0.377 e. The maximum absolute atomic E-state index is 12.9. The highest BCUT2D eigenvalue weighted by Gasteiger charge is 2.14. The maximum Gasteiger partial charge on any atom is 0.251 e. The van der Waals surface area contributed by atoms with E-state index in [4.69, 9.17) is 4.74 Å². The topological polar surface area (TPSA) is 38.3 Å². The van der Waals surface area contributed by atoms with Crippen LogP contribution < -0.4 is 5.32 Å². The Morgan fingerprint density at radius 2 is 1.83 bits per heavy atom. The largest absolute Gasteiger partial charge is 0.377 e. The SMILES string of the molecule is CC(C)OCCNC(=O)c1cc(F)c(F)c(F)c1. The van der Waals surface area contributed by atoms with Crippen LogP contribution in [0.3, 0.4) is 0 Å². The Labute approximate surface area is 103 Å². The first kappa shape index (κ1) is 14.5. The fraction of sp³-hybridized carbons (Fsp3) is 0.417. The molecule has 0 aromatic heterocycles. The van der Waals surface area contributed by atoms with Crippen molar-refractivity contribution in [3.8, 4) is 0 Å². The second-order valence-electron chi connectivity index (χ2n) is 3.93. The van der Waals surface area contributed by atoms with Crippen molar-refractivity contribution in [2.45, 2.75) is 20.0 Å². The second-order valence-corrected chi connectivity index (χ2v) is 3.93. The van der Waals surface area contributed by atoms with E-state index in [0.717, 1.165) is 0 Å². The van der Waals surface area contributed by atoms with Gasteiger partial charge in [-0.1, -0.05) is 0 Å². The normalized spacial score (nSPS) is 10.8. The molecule has 0 saturated heterocycles. The van der Waals surface area contributed by atoms with Crippen LogP contribution in [-0.2, 0) is 4.74 Å². The van der Waals surface area contributed by atoms with Gasteiger partial charge in [0.05, 0.1) is 12.7 Å². The van der Waals surface area contributed by atoms with E-state index in [1.165, 1.54) is 0 Å². The average Bonchev–Trinajstić information content (AvgIpc) is 2.30. The van der Waals surface area contributed by atoms with Gasteiger partial charge in [0.25, 0.3) is 5.91 Å². The number of rotatable bonds is 5. The second kappa shape index (κ2) is 6.39. The summed E-state index contributed by atoms with van der Waals surface area (Å²) in [5.74, 6) is -5.05. The molecule has 0 fully saturated rings. The van der Waals surface area contributed by atoms with Gasteiger partial charge in [-0.2, -0.15) is 0 Å². The molecule has 1 aromatic carbocycles. The van der Waals surface area contributed by atoms with Crippen LogP contribution in [0.2, 0.25) is 0 Å². The van der Waals surface area contributed by atoms with E-state index in [2.05, 4.69) is 5.32 Å². The van der Waals surface area contributed by atoms with E-state index in [1.54, 1.807) is 0 Å². The van der Waals surface area contributed by atoms with E-state index in [-0.39, 0.29) is 24.8 Å². The molecule has 0 atom stereocenters. The van der Waals surface area contributed by atoms with Gasteiger partial charge in [0.15, 0.2) is 17.5 Å². The minimum atomic E-state index is -1.59. The van der Waals surface area contributed by atoms with E-state index >= 15 is 0 Å². The maximum atomic E-state index is 12.9. The Hall–Kier alpha value is -1.56. The molecule has 1 amide bonds. The van der Waals surface area contributed by atoms with Crippen LogP contribution in [0.25, 0.3) is 0 Å². The number of nitrogens with one attached hydrogen (secondary N) is 1. The van der Waals surface area contributed by atoms with E-state index in [1.807, 2.05) is 13.8 Å². The van der Waals surface area contributed by atoms with Gasteiger partial charge in [-0.15, -0.1) is 0 Å². The average molecular weight is 261 g/mol. The quantitative estimate of drug-likeness (QED) is 0.652. The zero-order valence-electron chi connectivity index (χ0n) is 10.1. The molecule has 0 spiro atoms. The van der Waals surface area contributed by atoms with Crippen LogP contribution in [0.1, 0.15) is 24.2 Å². The van der Waals surface area contributed by atoms with Crippen molar-refractivity contribution in [2.24, 2.45) is 0 Å². The lowest BCUT2D eigenvalue weighted by atomic mass is 10.2. The van der Waals surface area contributed by atoms with Crippen LogP contribution in [0.4, 0.5) is 13.2 Å². The van der Waals surface area contributed by atoms with Crippen LogP contribution in [0.15, 0.2) is 12.1 Å². The van der Waals surface area contributed by atoms with E-state index in [0.29, 0.717) is 12.1 Å². The highest BCUT2D eigenvalue weighted by molar-refractivity contribution is 5.94. The van der Waals surface area contributed by atoms with Crippen molar-refractivity contribution in [3.05, 3.63) is 35.1 Å². The first-order valence-corrected chi connectivity index (χ1v) is 5.46. The summed E-state index contributed by atoms with van der Waals surface area (Å²) in [6, 6.07) is 1.30. The smallest absolute Gasteiger partial charge is 0.251 e. The van der Waals surface area contributed by atoms with Gasteiger partial charge >= 0.3 is 0 Å². The molecular formula is C12H14F3NO2. The molecule has 0 radical (unpaired) electrons. The molecule has 18 heavy (non-hydrogen) atoms. The van der Waals surface area contributed by atoms with Crippen molar-refractivity contribution in [3.63, 3.8) is 0 Å². The highest BCUT2D eigenvalue weighted by Crippen LogP contribution is 2.13. The van der Waals surface area contributed by atoms with Crippen molar-refractivity contribution in [1.82, 2.24) is 5.32 Å². The monoisotopic (exact) mass is 261 g/mol. The van der Waals surface area contributed by atoms with Gasteiger partial charge in [0.2, 0.25) is 0 Å². The lowest BCUT2D eigenvalue weighted by Gasteiger charge is -2.09. The standard InChI is InChI=1S/C12H14F3NO2/c1-7(2)18-4-3-16-12(17)8-5-9(13)11(15)10(14)6-8/h5-7H,3-4H2,1-2H3,(H,16,17). The Morgan fingerprint density at radius 3 is 2.33 bits per heavy atom. The van der Waals surface area contributed by atoms with Crippen molar-refractivity contribution in [1.29, 1.82) is 0 Å². The van der Waals surface area contributed by atoms with Gasteiger partial charge in [0, 0.05) is 12.1 Å². The summed E-state index contributed by atoms with van der Waals surface area (Å²) in [7, 11) is 0. The number of amides is 1. The Bertz CT molecular complexity index is 412. The van der Waals surface area contributed by atoms with E-state index in [9.17, 15) is 18.0 Å². The summed E-state index contributed by atoms with van der Waals surface area (Å²) < 4.78 is 43.6. The molecule has 6 heteroatoms. The van der Waals surface area contributed by atoms with Gasteiger partial charge in [0.1, 0.15) is 0 Å². The Kier molecular flexibility index (Phi) is 5.15. The fourth-order valence-electron chi connectivity index (χ4n) is 1.25. The predicted octanol–water partition coefficient (Wildman–Crippen LogP) is 2.26. The lowest BCUT2D eigenvalue weighted by molar-refractivity contribution is 0.0746. The van der Waals surface area contributed by atoms with Gasteiger partial charge in [-0.25, -0.2) is 13.2 Å². The first-order chi connectivity index (χ1) is 8.41. The number of carbonyl (C=O) groups excluding carboxylic acids is 1. The number of halogens is 3. The number of hydrogen-bond acceptors (Lipinski definition) is 2. The molecule has 100 valence electrons. The van der Waals surface area contributed by atoms with Gasteiger partial charge in [-0.05, 0) is 26.0 Å². The molecule has 0 unspecified atom stereocenters. The molecular weight excluding hydrogens is 247 g/mol. The van der Waals surface area contributed by atoms with Crippen molar-refractivity contribution < 1.29 is 22.7 Å². The molecule has 0 aliphatic carbocycles. The lowest BCUT2D eigenvalue weighted by Crippen LogP contribution is -2.28. The summed E-state index contributed by atoms with van der Waals surface area (Å²) in [4.78, 5) is 11.5. The number of carbonyl (C=O) groups is 1. The van der Waals surface area contributed by atoms with Gasteiger partial charge in [-0.3, -0.25) is 4.79 Å². The molecule has 3 nitrogen and oxygen atoms in total. The Balaban J connectivity index is 2.57. The molecule has 0 heterocycles. The molecule has 0 bridgehead atoms. The first-order valence-electron chi connectivity index (χ1n) is 5.46. The molecule has 1 rings (SSSR count). The molecule has 0 aliphatic rings. The third-order valence-electron chi connectivity index (χ3n) is 2.08. The summed E-state index contributed by atoms with van der Waals surface area (Å²) in [6.07, 6.45) is 0.0302. The molecule has 1 aromatic rings. The van der Waals surface area contributed by atoms with Crippen LogP contribution in [-0.4, -0.2) is 25.2 Å². The molecule has 0 aliphatic heterocycles. The van der Waals surface area contributed by atoms with Gasteiger partial charge < -0.3 is 10.1 Å². The van der Waals surface area contributed by atoms with E-state index < -0.39 is 23.4 Å². The van der Waals surface area contributed by atoms with Crippen molar-refractivity contribution >= 4 is 5.91 Å². The third kappa shape index (κ3) is 4.03. The Morgan fingerprint density at radius 1 is 1.28 bits per heavy atom. The van der Waals surface area contributed by atoms with Crippen LogP contribution in [0, 0.1) is 17.5 Å². The number of benzene rings is 1. The zero-order chi connectivity index (χ0) is 13.7.